The Morgan fingerprint density at radius 1 is 0.800 bits per heavy atom. The van der Waals surface area contributed by atoms with Gasteiger partial charge in [0.05, 0.1) is 12.0 Å². The Hall–Kier alpha value is -4.48. The number of nitrogens with zero attached hydrogens (tertiary/aromatic N) is 1. The molecule has 1 fully saturated rings. The number of carbonyl (C=O) groups is 3. The van der Waals surface area contributed by atoms with E-state index in [0.717, 1.165) is 22.4 Å². The normalized spacial score (nSPS) is 24.1. The summed E-state index contributed by atoms with van der Waals surface area (Å²) in [6.07, 6.45) is 2.06. The van der Waals surface area contributed by atoms with Crippen molar-refractivity contribution < 1.29 is 14.4 Å². The first-order chi connectivity index (χ1) is 19.4. The molecule has 3 aliphatic heterocycles. The van der Waals surface area contributed by atoms with Gasteiger partial charge in [0.1, 0.15) is 11.5 Å². The molecule has 0 radical (unpaired) electrons. The number of carbonyl (C=O) groups excluding carboxylic acids is 3. The summed E-state index contributed by atoms with van der Waals surface area (Å²) in [4.78, 5) is 45.7. The van der Waals surface area contributed by atoms with Crippen LogP contribution in [-0.2, 0) is 10.2 Å². The van der Waals surface area contributed by atoms with E-state index in [2.05, 4.69) is 11.4 Å². The summed E-state index contributed by atoms with van der Waals surface area (Å²) in [6.45, 7) is 2.02. The van der Waals surface area contributed by atoms with Gasteiger partial charge in [-0.25, -0.2) is 0 Å². The Morgan fingerprint density at radius 3 is 2.23 bits per heavy atom. The summed E-state index contributed by atoms with van der Waals surface area (Å²) in [6, 6.07) is 29.6. The van der Waals surface area contributed by atoms with Crippen LogP contribution in [0.3, 0.4) is 0 Å². The van der Waals surface area contributed by atoms with Crippen molar-refractivity contribution in [3.63, 3.8) is 0 Å². The first kappa shape index (κ1) is 24.6. The van der Waals surface area contributed by atoms with Gasteiger partial charge in [0.25, 0.3) is 0 Å². The van der Waals surface area contributed by atoms with Crippen LogP contribution < -0.4 is 10.2 Å². The number of para-hydroxylation sites is 2. The van der Waals surface area contributed by atoms with Crippen LogP contribution in [0, 0.1) is 5.92 Å². The molecule has 7 rings (SSSR count). The van der Waals surface area contributed by atoms with Gasteiger partial charge < -0.3 is 10.2 Å². The highest BCUT2D eigenvalue weighted by atomic mass is 35.5. The number of anilines is 2. The second-order valence-corrected chi connectivity index (χ2v) is 11.0. The second kappa shape index (κ2) is 9.04. The molecule has 196 valence electrons. The fraction of sp³-hybridized carbons (Fsp3) is 0.147. The third kappa shape index (κ3) is 3.31. The van der Waals surface area contributed by atoms with Gasteiger partial charge >= 0.3 is 0 Å². The smallest absolute Gasteiger partial charge is 0.238 e. The van der Waals surface area contributed by atoms with Crippen LogP contribution in [0.2, 0.25) is 5.02 Å². The molecular formula is C34H25ClN2O3. The van der Waals surface area contributed by atoms with Gasteiger partial charge in [0.15, 0.2) is 11.6 Å². The highest BCUT2D eigenvalue weighted by Crippen LogP contribution is 2.58. The number of amides is 1. The molecule has 4 unspecified atom stereocenters. The van der Waals surface area contributed by atoms with Crippen molar-refractivity contribution in [3.8, 4) is 0 Å². The Kier molecular flexibility index (Phi) is 5.55. The molecule has 40 heavy (non-hydrogen) atoms. The molecule has 5 nitrogen and oxygen atoms in total. The molecule has 1 amide bonds. The van der Waals surface area contributed by atoms with Crippen LogP contribution in [0.25, 0.3) is 5.57 Å². The standard InChI is InChI=1S/C34H25ClN2O3/c1-20-19-28-34(25-12-6-7-13-26(25)36-33(34)40)29(31(38)22-15-17-23(35)18-16-22)30(32(39)21-9-3-2-4-10-21)37(28)27-14-8-5-11-24(20)27/h2-19,28-30H,1H3,(H,36,40). The van der Waals surface area contributed by atoms with Crippen molar-refractivity contribution in [1.82, 2.24) is 0 Å². The highest BCUT2D eigenvalue weighted by molar-refractivity contribution is 6.30. The molecule has 1 N–H and O–H groups in total. The topological polar surface area (TPSA) is 66.5 Å². The number of allylic oxidation sites excluding steroid dienone is 1. The van der Waals surface area contributed by atoms with Crippen LogP contribution in [0.4, 0.5) is 11.4 Å². The molecule has 4 atom stereocenters. The minimum absolute atomic E-state index is 0.199. The summed E-state index contributed by atoms with van der Waals surface area (Å²) in [7, 11) is 0. The number of halogens is 1. The molecule has 0 aliphatic carbocycles. The summed E-state index contributed by atoms with van der Waals surface area (Å²) in [5, 5.41) is 3.57. The van der Waals surface area contributed by atoms with Crippen LogP contribution in [-0.4, -0.2) is 29.6 Å². The minimum Gasteiger partial charge on any atom is -0.352 e. The molecule has 1 saturated heterocycles. The van der Waals surface area contributed by atoms with Crippen molar-refractivity contribution >= 4 is 46.0 Å². The quantitative estimate of drug-likeness (QED) is 0.294. The molecule has 6 heteroatoms. The van der Waals surface area contributed by atoms with E-state index in [9.17, 15) is 14.4 Å². The third-order valence-corrected chi connectivity index (χ3v) is 8.87. The molecular weight excluding hydrogens is 520 g/mol. The zero-order valence-corrected chi connectivity index (χ0v) is 22.4. The maximum atomic E-state index is 14.7. The Bertz CT molecular complexity index is 1730. The molecule has 4 aromatic carbocycles. The Balaban J connectivity index is 1.56. The summed E-state index contributed by atoms with van der Waals surface area (Å²) < 4.78 is 0. The van der Waals surface area contributed by atoms with Gasteiger partial charge in [-0.15, -0.1) is 0 Å². The Morgan fingerprint density at radius 2 is 1.45 bits per heavy atom. The number of hydrogen-bond acceptors (Lipinski definition) is 4. The van der Waals surface area contributed by atoms with E-state index in [1.165, 1.54) is 0 Å². The lowest BCUT2D eigenvalue weighted by Gasteiger charge is -2.39. The monoisotopic (exact) mass is 544 g/mol. The number of ketones is 2. The molecule has 0 aromatic heterocycles. The van der Waals surface area contributed by atoms with E-state index in [0.29, 0.717) is 21.8 Å². The fourth-order valence-electron chi connectivity index (χ4n) is 6.95. The molecule has 1 spiro atoms. The van der Waals surface area contributed by atoms with Crippen molar-refractivity contribution in [2.45, 2.75) is 24.4 Å². The van der Waals surface area contributed by atoms with Gasteiger partial charge in [-0.1, -0.05) is 84.4 Å². The molecule has 0 saturated carbocycles. The van der Waals surface area contributed by atoms with E-state index >= 15 is 0 Å². The average molecular weight is 545 g/mol. The minimum atomic E-state index is -1.34. The predicted molar refractivity (Wildman–Crippen MR) is 157 cm³/mol. The van der Waals surface area contributed by atoms with E-state index in [1.807, 2.05) is 78.6 Å². The lowest BCUT2D eigenvalue weighted by Crippen LogP contribution is -2.51. The van der Waals surface area contributed by atoms with Crippen LogP contribution >= 0.6 is 11.6 Å². The van der Waals surface area contributed by atoms with Gasteiger partial charge in [0.2, 0.25) is 5.91 Å². The number of hydrogen-bond donors (Lipinski definition) is 1. The predicted octanol–water partition coefficient (Wildman–Crippen LogP) is 6.59. The zero-order chi connectivity index (χ0) is 27.6. The SMILES string of the molecule is CC1=CC2N(c3ccccc31)C(C(=O)c1ccccc1)C(C(=O)c1ccc(Cl)cc1)C21C(=O)Nc2ccccc21. The first-order valence-corrected chi connectivity index (χ1v) is 13.7. The zero-order valence-electron chi connectivity index (χ0n) is 21.7. The highest BCUT2D eigenvalue weighted by Gasteiger charge is 2.70. The fourth-order valence-corrected chi connectivity index (χ4v) is 7.08. The van der Waals surface area contributed by atoms with Crippen LogP contribution in [0.5, 0.6) is 0 Å². The van der Waals surface area contributed by atoms with Gasteiger partial charge in [0, 0.05) is 33.1 Å². The largest absolute Gasteiger partial charge is 0.352 e. The lowest BCUT2D eigenvalue weighted by molar-refractivity contribution is -0.121. The van der Waals surface area contributed by atoms with E-state index < -0.39 is 23.4 Å². The van der Waals surface area contributed by atoms with E-state index in [-0.39, 0.29) is 17.5 Å². The van der Waals surface area contributed by atoms with Gasteiger partial charge in [-0.2, -0.15) is 0 Å². The summed E-state index contributed by atoms with van der Waals surface area (Å²) in [5.41, 5.74) is 3.78. The first-order valence-electron chi connectivity index (χ1n) is 13.3. The number of fused-ring (bicyclic) bond motifs is 6. The van der Waals surface area contributed by atoms with E-state index in [1.54, 1.807) is 36.4 Å². The maximum Gasteiger partial charge on any atom is 0.238 e. The average Bonchev–Trinajstić information content (AvgIpc) is 3.45. The van der Waals surface area contributed by atoms with Crippen molar-refractivity contribution in [2.24, 2.45) is 5.92 Å². The molecule has 3 aliphatic rings. The lowest BCUT2D eigenvalue weighted by atomic mass is 9.64. The molecule has 4 aromatic rings. The van der Waals surface area contributed by atoms with E-state index in [4.69, 9.17) is 11.6 Å². The molecule has 0 bridgehead atoms. The number of benzene rings is 4. The maximum absolute atomic E-state index is 14.7. The third-order valence-electron chi connectivity index (χ3n) is 8.62. The van der Waals surface area contributed by atoms with Crippen molar-refractivity contribution in [2.75, 3.05) is 10.2 Å². The molecule has 3 heterocycles. The summed E-state index contributed by atoms with van der Waals surface area (Å²) in [5.74, 6) is -1.75. The number of Topliss-reactive ketones (excluding diaryl/α,β-unsaturated/α-hetero) is 2. The van der Waals surface area contributed by atoms with Crippen LogP contribution in [0.1, 0.15) is 38.8 Å². The van der Waals surface area contributed by atoms with Crippen LogP contribution in [0.15, 0.2) is 109 Å². The van der Waals surface area contributed by atoms with Gasteiger partial charge in [-0.3, -0.25) is 14.4 Å². The van der Waals surface area contributed by atoms with Gasteiger partial charge in [-0.05, 0) is 54.5 Å². The number of rotatable bonds is 4. The van der Waals surface area contributed by atoms with Crippen molar-refractivity contribution in [1.29, 1.82) is 0 Å². The number of nitrogens with one attached hydrogen (secondary N) is 1. The second-order valence-electron chi connectivity index (χ2n) is 10.6. The van der Waals surface area contributed by atoms with Crippen molar-refractivity contribution in [3.05, 3.63) is 136 Å². The summed E-state index contributed by atoms with van der Waals surface area (Å²) >= 11 is 6.17. The Labute approximate surface area is 237 Å².